The Morgan fingerprint density at radius 2 is 1.93 bits per heavy atom. The summed E-state index contributed by atoms with van der Waals surface area (Å²) in [5, 5.41) is 11.2. The molecule has 0 unspecified atom stereocenters. The zero-order chi connectivity index (χ0) is 29.6. The fourth-order valence-corrected chi connectivity index (χ4v) is 5.54. The van der Waals surface area contributed by atoms with E-state index in [1.165, 1.54) is 28.8 Å². The van der Waals surface area contributed by atoms with E-state index in [2.05, 4.69) is 16.5 Å². The second-order valence-electron chi connectivity index (χ2n) is 10.8. The van der Waals surface area contributed by atoms with Crippen LogP contribution in [0, 0.1) is 19.7 Å². The van der Waals surface area contributed by atoms with E-state index in [4.69, 9.17) is 4.98 Å². The predicted molar refractivity (Wildman–Crippen MR) is 157 cm³/mol. The SMILES string of the molecule is C=CC(=O)N1CCN(c2nc(=O)n(-c3c(C)ccnc3C(C)C)c3nc(-c4c(O)cccc4F)c(C)cc23)[C@@H](C)C1. The predicted octanol–water partition coefficient (Wildman–Crippen LogP) is 4.65. The number of hydrogen-bond donors (Lipinski definition) is 1. The lowest BCUT2D eigenvalue weighted by Crippen LogP contribution is -2.54. The molecule has 0 saturated carbocycles. The number of hydrogen-bond acceptors (Lipinski definition) is 7. The Bertz CT molecular complexity index is 1730. The van der Waals surface area contributed by atoms with E-state index in [0.29, 0.717) is 47.8 Å². The fraction of sp³-hybridized carbons (Fsp3) is 0.323. The molecule has 41 heavy (non-hydrogen) atoms. The van der Waals surface area contributed by atoms with Gasteiger partial charge in [-0.25, -0.2) is 18.7 Å². The Hall–Kier alpha value is -4.60. The third kappa shape index (κ3) is 4.83. The van der Waals surface area contributed by atoms with E-state index in [-0.39, 0.29) is 40.5 Å². The van der Waals surface area contributed by atoms with Crippen molar-refractivity contribution in [2.24, 2.45) is 0 Å². The molecule has 3 aromatic heterocycles. The number of anilines is 1. The number of aryl methyl sites for hydroxylation is 2. The lowest BCUT2D eigenvalue weighted by Gasteiger charge is -2.40. The Balaban J connectivity index is 1.83. The lowest BCUT2D eigenvalue weighted by molar-refractivity contribution is -0.126. The van der Waals surface area contributed by atoms with Crippen molar-refractivity contribution in [1.29, 1.82) is 0 Å². The molecule has 1 N–H and O–H groups in total. The van der Waals surface area contributed by atoms with E-state index in [1.807, 2.05) is 44.7 Å². The van der Waals surface area contributed by atoms with Crippen molar-refractivity contribution in [2.45, 2.75) is 46.6 Å². The molecule has 1 amide bonds. The molecule has 4 aromatic rings. The molecule has 5 rings (SSSR count). The second kappa shape index (κ2) is 10.8. The molecule has 212 valence electrons. The van der Waals surface area contributed by atoms with Crippen molar-refractivity contribution in [2.75, 3.05) is 24.5 Å². The summed E-state index contributed by atoms with van der Waals surface area (Å²) in [6.45, 7) is 14.5. The van der Waals surface area contributed by atoms with Gasteiger partial charge in [0.05, 0.1) is 28.0 Å². The molecule has 0 aliphatic carbocycles. The topological polar surface area (TPSA) is 104 Å². The summed E-state index contributed by atoms with van der Waals surface area (Å²) in [4.78, 5) is 44.0. The van der Waals surface area contributed by atoms with Crippen LogP contribution in [-0.4, -0.2) is 61.1 Å². The summed E-state index contributed by atoms with van der Waals surface area (Å²) >= 11 is 0. The number of pyridine rings is 2. The van der Waals surface area contributed by atoms with Crippen LogP contribution >= 0.6 is 0 Å². The van der Waals surface area contributed by atoms with Crippen LogP contribution in [0.25, 0.3) is 28.0 Å². The Morgan fingerprint density at radius 3 is 2.59 bits per heavy atom. The molecule has 1 saturated heterocycles. The van der Waals surface area contributed by atoms with E-state index in [1.54, 1.807) is 18.0 Å². The van der Waals surface area contributed by atoms with E-state index in [9.17, 15) is 14.7 Å². The number of benzene rings is 1. The number of nitrogens with zero attached hydrogens (tertiary/aromatic N) is 6. The maximum Gasteiger partial charge on any atom is 0.355 e. The van der Waals surface area contributed by atoms with Gasteiger partial charge in [0.1, 0.15) is 17.4 Å². The number of aromatic hydroxyl groups is 1. The molecule has 9 nitrogen and oxygen atoms in total. The van der Waals surface area contributed by atoms with Crippen LogP contribution in [0.15, 0.2) is 54.0 Å². The van der Waals surface area contributed by atoms with Crippen molar-refractivity contribution < 1.29 is 14.3 Å². The molecule has 0 bridgehead atoms. The van der Waals surface area contributed by atoms with E-state index < -0.39 is 11.5 Å². The van der Waals surface area contributed by atoms with Gasteiger partial charge in [0.25, 0.3) is 0 Å². The van der Waals surface area contributed by atoms with Crippen LogP contribution in [0.5, 0.6) is 5.75 Å². The molecular weight excluding hydrogens is 523 g/mol. The molecule has 1 aliphatic heterocycles. The Labute approximate surface area is 237 Å². The quantitative estimate of drug-likeness (QED) is 0.357. The summed E-state index contributed by atoms with van der Waals surface area (Å²) < 4.78 is 16.5. The number of carbonyl (C=O) groups is 1. The number of halogens is 1. The maximum absolute atomic E-state index is 15.1. The standard InChI is InChI=1S/C31H33FN6O3/c1-7-24(40)36-13-14-37(20(6)16-36)29-21-15-19(5)27(25-22(32)9-8-10-23(25)39)34-30(21)38(31(41)35-29)28-18(4)11-12-33-26(28)17(2)3/h7-12,15,17,20,39H,1,13-14,16H2,2-6H3/t20-/m0/s1. The Morgan fingerprint density at radius 1 is 1.17 bits per heavy atom. The molecular formula is C31H33FN6O3. The van der Waals surface area contributed by atoms with Gasteiger partial charge in [-0.1, -0.05) is 26.5 Å². The van der Waals surface area contributed by atoms with Gasteiger partial charge in [0.15, 0.2) is 5.65 Å². The van der Waals surface area contributed by atoms with Crippen molar-refractivity contribution in [3.63, 3.8) is 0 Å². The van der Waals surface area contributed by atoms with Gasteiger partial charge in [-0.2, -0.15) is 4.98 Å². The summed E-state index contributed by atoms with van der Waals surface area (Å²) in [6.07, 6.45) is 3.00. The smallest absolute Gasteiger partial charge is 0.355 e. The minimum Gasteiger partial charge on any atom is -0.507 e. The highest BCUT2D eigenvalue weighted by Gasteiger charge is 2.30. The molecule has 0 spiro atoms. The number of fused-ring (bicyclic) bond motifs is 1. The van der Waals surface area contributed by atoms with E-state index in [0.717, 1.165) is 5.56 Å². The van der Waals surface area contributed by atoms with Crippen LogP contribution in [0.1, 0.15) is 43.5 Å². The largest absolute Gasteiger partial charge is 0.507 e. The van der Waals surface area contributed by atoms with Crippen LogP contribution in [0.2, 0.25) is 0 Å². The second-order valence-corrected chi connectivity index (χ2v) is 10.8. The first-order valence-corrected chi connectivity index (χ1v) is 13.6. The zero-order valence-corrected chi connectivity index (χ0v) is 23.8. The van der Waals surface area contributed by atoms with Crippen LogP contribution < -0.4 is 10.6 Å². The molecule has 1 aliphatic rings. The van der Waals surface area contributed by atoms with Gasteiger partial charge in [-0.3, -0.25) is 9.78 Å². The highest BCUT2D eigenvalue weighted by molar-refractivity contribution is 5.92. The normalized spacial score (nSPS) is 15.5. The molecule has 1 aromatic carbocycles. The lowest BCUT2D eigenvalue weighted by atomic mass is 10.0. The van der Waals surface area contributed by atoms with Gasteiger partial charge in [0.2, 0.25) is 5.91 Å². The zero-order valence-electron chi connectivity index (χ0n) is 23.8. The molecule has 0 radical (unpaired) electrons. The number of phenolic OH excluding ortho intramolecular Hbond substituents is 1. The first kappa shape index (κ1) is 27.9. The van der Waals surface area contributed by atoms with Crippen molar-refractivity contribution in [3.05, 3.63) is 82.3 Å². The van der Waals surface area contributed by atoms with Crippen LogP contribution in [-0.2, 0) is 4.79 Å². The highest BCUT2D eigenvalue weighted by atomic mass is 19.1. The average molecular weight is 557 g/mol. The highest BCUT2D eigenvalue weighted by Crippen LogP contribution is 2.37. The monoisotopic (exact) mass is 556 g/mol. The summed E-state index contributed by atoms with van der Waals surface area (Å²) in [5.41, 5.74) is 2.59. The number of phenols is 1. The minimum absolute atomic E-state index is 0.0115. The molecule has 1 fully saturated rings. The minimum atomic E-state index is -0.625. The molecule has 10 heteroatoms. The van der Waals surface area contributed by atoms with Gasteiger partial charge in [-0.15, -0.1) is 0 Å². The number of carbonyl (C=O) groups excluding carboxylic acids is 1. The van der Waals surface area contributed by atoms with Crippen molar-refractivity contribution in [3.8, 4) is 22.7 Å². The molecule has 4 heterocycles. The Kier molecular flexibility index (Phi) is 7.33. The summed E-state index contributed by atoms with van der Waals surface area (Å²) in [7, 11) is 0. The summed E-state index contributed by atoms with van der Waals surface area (Å²) in [6, 6.07) is 7.59. The van der Waals surface area contributed by atoms with Gasteiger partial charge in [-0.05, 0) is 68.2 Å². The molecule has 1 atom stereocenters. The number of piperazine rings is 1. The fourth-order valence-electron chi connectivity index (χ4n) is 5.54. The summed E-state index contributed by atoms with van der Waals surface area (Å²) in [5.74, 6) is -0.597. The third-order valence-corrected chi connectivity index (χ3v) is 7.58. The van der Waals surface area contributed by atoms with Gasteiger partial charge in [0, 0.05) is 31.9 Å². The van der Waals surface area contributed by atoms with Crippen LogP contribution in [0.4, 0.5) is 10.2 Å². The van der Waals surface area contributed by atoms with Crippen molar-refractivity contribution in [1.82, 2.24) is 24.4 Å². The third-order valence-electron chi connectivity index (χ3n) is 7.58. The average Bonchev–Trinajstić information content (AvgIpc) is 2.93. The first-order valence-electron chi connectivity index (χ1n) is 13.6. The number of aromatic nitrogens is 4. The van der Waals surface area contributed by atoms with Crippen molar-refractivity contribution >= 4 is 22.8 Å². The van der Waals surface area contributed by atoms with Gasteiger partial charge < -0.3 is 14.9 Å². The van der Waals surface area contributed by atoms with E-state index >= 15 is 4.39 Å². The first-order chi connectivity index (χ1) is 19.5. The number of amides is 1. The van der Waals surface area contributed by atoms with Gasteiger partial charge >= 0.3 is 5.69 Å². The maximum atomic E-state index is 15.1. The van der Waals surface area contributed by atoms with Crippen LogP contribution in [0.3, 0.4) is 0 Å². The number of rotatable bonds is 5.